The molecule has 1 N–H and O–H groups in total. The lowest BCUT2D eigenvalue weighted by Crippen LogP contribution is -1.93. The second-order valence-corrected chi connectivity index (χ2v) is 3.87. The van der Waals surface area contributed by atoms with Crippen molar-refractivity contribution in [1.29, 1.82) is 0 Å². The van der Waals surface area contributed by atoms with E-state index in [9.17, 15) is 5.11 Å². The number of aliphatic hydroxyl groups excluding tert-OH is 1. The summed E-state index contributed by atoms with van der Waals surface area (Å²) in [6, 6.07) is 6.16. The number of aliphatic hydroxyl groups is 1. The van der Waals surface area contributed by atoms with E-state index in [1.165, 1.54) is 5.56 Å². The molecule has 1 aliphatic heterocycles. The molecule has 1 aromatic carbocycles. The highest BCUT2D eigenvalue weighted by Crippen LogP contribution is 2.30. The number of rotatable bonds is 0. The third-order valence-electron chi connectivity index (χ3n) is 2.93. The fourth-order valence-electron chi connectivity index (χ4n) is 2.17. The second-order valence-electron chi connectivity index (χ2n) is 3.87. The zero-order chi connectivity index (χ0) is 9.71. The largest absolute Gasteiger partial charge is 0.385 e. The first-order chi connectivity index (χ1) is 6.77. The molecule has 0 spiro atoms. The van der Waals surface area contributed by atoms with Gasteiger partial charge in [-0.05, 0) is 25.0 Å². The molecule has 1 unspecified atom stereocenters. The van der Waals surface area contributed by atoms with Gasteiger partial charge in [0.15, 0.2) is 0 Å². The van der Waals surface area contributed by atoms with Gasteiger partial charge in [-0.1, -0.05) is 12.1 Å². The molecule has 3 heteroatoms. The van der Waals surface area contributed by atoms with Crippen LogP contribution in [-0.2, 0) is 6.54 Å². The fraction of sp³-hybridized carbons (Fsp3) is 0.364. The first kappa shape index (κ1) is 8.00. The molecular formula is C11H12N2O. The van der Waals surface area contributed by atoms with Gasteiger partial charge in [-0.15, -0.1) is 0 Å². The van der Waals surface area contributed by atoms with Crippen molar-refractivity contribution in [2.75, 3.05) is 0 Å². The Morgan fingerprint density at radius 2 is 2.36 bits per heavy atom. The normalized spacial score (nSPS) is 20.3. The molecule has 0 saturated heterocycles. The van der Waals surface area contributed by atoms with E-state index in [0.717, 1.165) is 29.8 Å². The van der Waals surface area contributed by atoms with Gasteiger partial charge in [0.05, 0.1) is 11.0 Å². The summed E-state index contributed by atoms with van der Waals surface area (Å²) >= 11 is 0. The van der Waals surface area contributed by atoms with Gasteiger partial charge in [-0.25, -0.2) is 4.98 Å². The minimum Gasteiger partial charge on any atom is -0.385 e. The van der Waals surface area contributed by atoms with Gasteiger partial charge in [0.1, 0.15) is 11.9 Å². The van der Waals surface area contributed by atoms with Crippen molar-refractivity contribution in [1.82, 2.24) is 9.55 Å². The summed E-state index contributed by atoms with van der Waals surface area (Å²) in [5.41, 5.74) is 3.36. The van der Waals surface area contributed by atoms with Crippen molar-refractivity contribution in [3.8, 4) is 0 Å². The fourth-order valence-corrected chi connectivity index (χ4v) is 2.17. The maximum Gasteiger partial charge on any atom is 0.138 e. The lowest BCUT2D eigenvalue weighted by atomic mass is 10.2. The zero-order valence-electron chi connectivity index (χ0n) is 8.07. The summed E-state index contributed by atoms with van der Waals surface area (Å²) in [7, 11) is 0. The van der Waals surface area contributed by atoms with Crippen molar-refractivity contribution >= 4 is 11.0 Å². The van der Waals surface area contributed by atoms with Crippen LogP contribution in [0.1, 0.15) is 23.9 Å². The topological polar surface area (TPSA) is 38.0 Å². The maximum absolute atomic E-state index is 9.69. The second kappa shape index (κ2) is 2.58. The molecule has 0 fully saturated rings. The molecule has 14 heavy (non-hydrogen) atoms. The van der Waals surface area contributed by atoms with Gasteiger partial charge in [0.2, 0.25) is 0 Å². The Morgan fingerprint density at radius 3 is 3.21 bits per heavy atom. The standard InChI is InChI=1S/C11H12N2O/c1-7-3-2-4-8-10(7)12-11-9(14)5-6-13(8)11/h2-4,9,14H,5-6H2,1H3. The van der Waals surface area contributed by atoms with E-state index < -0.39 is 0 Å². The first-order valence-electron chi connectivity index (χ1n) is 4.91. The molecule has 3 nitrogen and oxygen atoms in total. The average Bonchev–Trinajstić information content (AvgIpc) is 2.69. The summed E-state index contributed by atoms with van der Waals surface area (Å²) in [6.45, 7) is 2.94. The Labute approximate surface area is 82.0 Å². The molecular weight excluding hydrogens is 176 g/mol. The summed E-state index contributed by atoms with van der Waals surface area (Å²) < 4.78 is 2.12. The molecule has 0 saturated carbocycles. The van der Waals surface area contributed by atoms with Crippen LogP contribution in [0.25, 0.3) is 11.0 Å². The van der Waals surface area contributed by atoms with E-state index in [-0.39, 0.29) is 6.10 Å². The Hall–Kier alpha value is -1.35. The minimum atomic E-state index is -0.373. The van der Waals surface area contributed by atoms with Crippen molar-refractivity contribution in [2.45, 2.75) is 26.0 Å². The van der Waals surface area contributed by atoms with Gasteiger partial charge in [-0.3, -0.25) is 0 Å². The van der Waals surface area contributed by atoms with Gasteiger partial charge in [-0.2, -0.15) is 0 Å². The van der Waals surface area contributed by atoms with E-state index in [2.05, 4.69) is 28.6 Å². The Balaban J connectivity index is 2.40. The predicted molar refractivity (Wildman–Crippen MR) is 54.0 cm³/mol. The third kappa shape index (κ3) is 0.876. The Kier molecular flexibility index (Phi) is 1.47. The molecule has 2 aromatic rings. The van der Waals surface area contributed by atoms with Crippen LogP contribution in [0.2, 0.25) is 0 Å². The monoisotopic (exact) mass is 188 g/mol. The molecule has 0 amide bonds. The number of benzene rings is 1. The SMILES string of the molecule is Cc1cccc2c1nc1n2CCC1O. The number of aryl methyl sites for hydroxylation is 2. The van der Waals surface area contributed by atoms with Gasteiger partial charge < -0.3 is 9.67 Å². The number of fused-ring (bicyclic) bond motifs is 3. The van der Waals surface area contributed by atoms with E-state index in [0.29, 0.717) is 0 Å². The van der Waals surface area contributed by atoms with Crippen LogP contribution in [0, 0.1) is 6.92 Å². The highest BCUT2D eigenvalue weighted by atomic mass is 16.3. The van der Waals surface area contributed by atoms with E-state index in [4.69, 9.17) is 0 Å². The van der Waals surface area contributed by atoms with Gasteiger partial charge >= 0.3 is 0 Å². The number of nitrogens with zero attached hydrogens (tertiary/aromatic N) is 2. The molecule has 0 aliphatic carbocycles. The number of imidazole rings is 1. The number of aromatic nitrogens is 2. The summed E-state index contributed by atoms with van der Waals surface area (Å²) in [5, 5.41) is 9.69. The molecule has 0 bridgehead atoms. The smallest absolute Gasteiger partial charge is 0.138 e. The number of hydrogen-bond acceptors (Lipinski definition) is 2. The Bertz CT molecular complexity index is 501. The lowest BCUT2D eigenvalue weighted by molar-refractivity contribution is 0.176. The van der Waals surface area contributed by atoms with Crippen LogP contribution in [0.4, 0.5) is 0 Å². The Morgan fingerprint density at radius 1 is 1.50 bits per heavy atom. The molecule has 72 valence electrons. The highest BCUT2D eigenvalue weighted by Gasteiger charge is 2.24. The van der Waals surface area contributed by atoms with Crippen molar-refractivity contribution in [2.24, 2.45) is 0 Å². The molecule has 1 aromatic heterocycles. The van der Waals surface area contributed by atoms with Crippen LogP contribution in [0.3, 0.4) is 0 Å². The minimum absolute atomic E-state index is 0.373. The lowest BCUT2D eigenvalue weighted by Gasteiger charge is -1.98. The van der Waals surface area contributed by atoms with Crippen LogP contribution in [-0.4, -0.2) is 14.7 Å². The summed E-state index contributed by atoms with van der Waals surface area (Å²) in [4.78, 5) is 4.49. The highest BCUT2D eigenvalue weighted by molar-refractivity contribution is 5.79. The van der Waals surface area contributed by atoms with E-state index in [1.54, 1.807) is 0 Å². The van der Waals surface area contributed by atoms with Crippen LogP contribution in [0.15, 0.2) is 18.2 Å². The summed E-state index contributed by atoms with van der Waals surface area (Å²) in [6.07, 6.45) is 0.424. The zero-order valence-corrected chi connectivity index (χ0v) is 8.07. The first-order valence-corrected chi connectivity index (χ1v) is 4.91. The van der Waals surface area contributed by atoms with Crippen molar-refractivity contribution in [3.05, 3.63) is 29.6 Å². The number of para-hydroxylation sites is 1. The predicted octanol–water partition coefficient (Wildman–Crippen LogP) is 1.78. The molecule has 0 radical (unpaired) electrons. The van der Waals surface area contributed by atoms with Crippen LogP contribution >= 0.6 is 0 Å². The van der Waals surface area contributed by atoms with Crippen molar-refractivity contribution < 1.29 is 5.11 Å². The van der Waals surface area contributed by atoms with E-state index in [1.807, 2.05) is 6.07 Å². The van der Waals surface area contributed by atoms with Gasteiger partial charge in [0, 0.05) is 6.54 Å². The molecule has 1 atom stereocenters. The molecule has 1 aliphatic rings. The maximum atomic E-state index is 9.69. The third-order valence-corrected chi connectivity index (χ3v) is 2.93. The molecule has 3 rings (SSSR count). The van der Waals surface area contributed by atoms with E-state index >= 15 is 0 Å². The average molecular weight is 188 g/mol. The summed E-state index contributed by atoms with van der Waals surface area (Å²) in [5.74, 6) is 0.828. The van der Waals surface area contributed by atoms with Crippen molar-refractivity contribution in [3.63, 3.8) is 0 Å². The number of hydrogen-bond donors (Lipinski definition) is 1. The molecule has 2 heterocycles. The quantitative estimate of drug-likeness (QED) is 0.684. The van der Waals surface area contributed by atoms with Gasteiger partial charge in [0.25, 0.3) is 0 Å². The van der Waals surface area contributed by atoms with Crippen LogP contribution in [0.5, 0.6) is 0 Å². The van der Waals surface area contributed by atoms with Crippen LogP contribution < -0.4 is 0 Å².